The number of nitrogens with zero attached hydrogens (tertiary/aromatic N) is 1. The Morgan fingerprint density at radius 2 is 1.94 bits per heavy atom. The quantitative estimate of drug-likeness (QED) is 0.713. The van der Waals surface area contributed by atoms with Crippen molar-refractivity contribution >= 4 is 5.78 Å². The maximum atomic E-state index is 13.1. The molecule has 0 radical (unpaired) electrons. The highest BCUT2D eigenvalue weighted by atomic mass is 19.1. The van der Waals surface area contributed by atoms with Gasteiger partial charge < -0.3 is 19.9 Å². The van der Waals surface area contributed by atoms with Crippen LogP contribution < -0.4 is 15.2 Å². The number of nitriles is 1. The predicted octanol–water partition coefficient (Wildman–Crippen LogP) is 4.62. The summed E-state index contributed by atoms with van der Waals surface area (Å²) in [6, 6.07) is 13.5. The molecule has 2 aliphatic rings. The Hall–Kier alpha value is -3.79. The molecule has 0 spiro atoms. The van der Waals surface area contributed by atoms with Crippen molar-refractivity contribution in [3.63, 3.8) is 0 Å². The average molecular weight is 434 g/mol. The number of ether oxygens (including phenoxy) is 3. The minimum Gasteiger partial charge on any atom is -0.490 e. The van der Waals surface area contributed by atoms with Gasteiger partial charge >= 0.3 is 0 Å². The number of carbonyl (C=O) groups is 1. The number of allylic oxidation sites excluding steroid dienone is 3. The molecular weight excluding hydrogens is 411 g/mol. The van der Waals surface area contributed by atoms with Gasteiger partial charge in [0.2, 0.25) is 5.88 Å². The zero-order valence-corrected chi connectivity index (χ0v) is 17.7. The molecule has 2 N–H and O–H groups in total. The van der Waals surface area contributed by atoms with Crippen LogP contribution >= 0.6 is 0 Å². The van der Waals surface area contributed by atoms with Gasteiger partial charge in [-0.15, -0.1) is 0 Å². The van der Waals surface area contributed by atoms with Gasteiger partial charge in [-0.25, -0.2) is 4.39 Å². The molecule has 0 aromatic heterocycles. The third kappa shape index (κ3) is 4.17. The summed E-state index contributed by atoms with van der Waals surface area (Å²) in [4.78, 5) is 12.7. The van der Waals surface area contributed by atoms with Crippen molar-refractivity contribution in [3.05, 3.63) is 82.2 Å². The van der Waals surface area contributed by atoms with Crippen molar-refractivity contribution in [2.75, 3.05) is 6.61 Å². The van der Waals surface area contributed by atoms with E-state index in [0.717, 1.165) is 5.56 Å². The Morgan fingerprint density at radius 3 is 2.66 bits per heavy atom. The topological polar surface area (TPSA) is 94.6 Å². The molecule has 1 aliphatic carbocycles. The summed E-state index contributed by atoms with van der Waals surface area (Å²) in [5.41, 5.74) is 8.24. The van der Waals surface area contributed by atoms with Crippen LogP contribution in [-0.2, 0) is 16.1 Å². The number of benzene rings is 2. The van der Waals surface area contributed by atoms with Crippen LogP contribution in [0.25, 0.3) is 0 Å². The van der Waals surface area contributed by atoms with Gasteiger partial charge in [0.05, 0.1) is 12.5 Å². The second-order valence-corrected chi connectivity index (χ2v) is 7.59. The molecule has 1 atom stereocenters. The smallest absolute Gasteiger partial charge is 0.205 e. The molecule has 4 rings (SSSR count). The van der Waals surface area contributed by atoms with Gasteiger partial charge in [-0.2, -0.15) is 5.26 Å². The van der Waals surface area contributed by atoms with E-state index in [0.29, 0.717) is 54.3 Å². The lowest BCUT2D eigenvalue weighted by atomic mass is 9.77. The summed E-state index contributed by atoms with van der Waals surface area (Å²) < 4.78 is 30.5. The molecule has 164 valence electrons. The first-order chi connectivity index (χ1) is 15.5. The maximum Gasteiger partial charge on any atom is 0.205 e. The van der Waals surface area contributed by atoms with Crippen molar-refractivity contribution in [2.45, 2.75) is 38.7 Å². The van der Waals surface area contributed by atoms with Crippen molar-refractivity contribution in [2.24, 2.45) is 5.73 Å². The lowest BCUT2D eigenvalue weighted by molar-refractivity contribution is -0.116. The van der Waals surface area contributed by atoms with Gasteiger partial charge in [-0.3, -0.25) is 4.79 Å². The van der Waals surface area contributed by atoms with E-state index in [1.807, 2.05) is 6.92 Å². The minimum absolute atomic E-state index is 0.0283. The number of halogens is 1. The molecule has 0 fully saturated rings. The van der Waals surface area contributed by atoms with Gasteiger partial charge in [0.25, 0.3) is 0 Å². The van der Waals surface area contributed by atoms with Crippen LogP contribution in [0, 0.1) is 17.1 Å². The molecule has 0 saturated heterocycles. The highest BCUT2D eigenvalue weighted by Crippen LogP contribution is 2.45. The van der Waals surface area contributed by atoms with Crippen LogP contribution in [0.1, 0.15) is 43.2 Å². The van der Waals surface area contributed by atoms with E-state index in [-0.39, 0.29) is 29.7 Å². The first-order valence-corrected chi connectivity index (χ1v) is 10.5. The third-order valence-electron chi connectivity index (χ3n) is 5.51. The molecule has 0 unspecified atom stereocenters. The van der Waals surface area contributed by atoms with E-state index in [1.54, 1.807) is 30.3 Å². The molecule has 6 nitrogen and oxygen atoms in total. The van der Waals surface area contributed by atoms with E-state index in [4.69, 9.17) is 19.9 Å². The monoisotopic (exact) mass is 434 g/mol. The van der Waals surface area contributed by atoms with Crippen LogP contribution in [0.3, 0.4) is 0 Å². The number of hydrogen-bond donors (Lipinski definition) is 1. The second-order valence-electron chi connectivity index (χ2n) is 7.59. The number of rotatable bonds is 6. The molecule has 0 saturated carbocycles. The van der Waals surface area contributed by atoms with Crippen LogP contribution in [-0.4, -0.2) is 12.4 Å². The summed E-state index contributed by atoms with van der Waals surface area (Å²) in [6.07, 6.45) is 1.71. The molecule has 0 bridgehead atoms. The van der Waals surface area contributed by atoms with Crippen LogP contribution in [0.2, 0.25) is 0 Å². The van der Waals surface area contributed by atoms with Gasteiger partial charge in [0.1, 0.15) is 29.8 Å². The molecular formula is C25H23FN2O4. The zero-order chi connectivity index (χ0) is 22.7. The molecule has 32 heavy (non-hydrogen) atoms. The molecule has 7 heteroatoms. The highest BCUT2D eigenvalue weighted by molar-refractivity contribution is 5.99. The Kier molecular flexibility index (Phi) is 6.13. The van der Waals surface area contributed by atoms with Crippen molar-refractivity contribution in [3.8, 4) is 17.6 Å². The maximum absolute atomic E-state index is 13.1. The standard InChI is InChI=1S/C25H23FN2O4/c1-2-30-22-12-16(8-11-20(22)31-14-15-6-9-17(26)10-7-15)23-18(13-27)25(28)32-21-5-3-4-19(29)24(21)23/h6-12,23H,2-5,14,28H2,1H3/t23-/m0/s1. The number of ketones is 1. The lowest BCUT2D eigenvalue weighted by Crippen LogP contribution is -2.27. The summed E-state index contributed by atoms with van der Waals surface area (Å²) >= 11 is 0. The van der Waals surface area contributed by atoms with E-state index < -0.39 is 5.92 Å². The minimum atomic E-state index is -0.609. The summed E-state index contributed by atoms with van der Waals surface area (Å²) in [7, 11) is 0. The van der Waals surface area contributed by atoms with E-state index in [2.05, 4.69) is 6.07 Å². The second kappa shape index (κ2) is 9.15. The molecule has 0 amide bonds. The fourth-order valence-corrected chi connectivity index (χ4v) is 4.02. The molecule has 2 aromatic carbocycles. The molecule has 1 aliphatic heterocycles. The lowest BCUT2D eigenvalue weighted by Gasteiger charge is -2.31. The van der Waals surface area contributed by atoms with Crippen molar-refractivity contribution in [1.29, 1.82) is 5.26 Å². The Morgan fingerprint density at radius 1 is 1.16 bits per heavy atom. The Labute approximate surface area is 185 Å². The first kappa shape index (κ1) is 21.4. The van der Waals surface area contributed by atoms with Gasteiger partial charge in [0, 0.05) is 18.4 Å². The largest absolute Gasteiger partial charge is 0.490 e. The van der Waals surface area contributed by atoms with Gasteiger partial charge in [-0.05, 0) is 48.7 Å². The summed E-state index contributed by atoms with van der Waals surface area (Å²) in [6.45, 7) is 2.50. The SMILES string of the molecule is CCOc1cc([C@H]2C(C#N)=C(N)OC3=C2C(=O)CCC3)ccc1OCc1ccc(F)cc1. The summed E-state index contributed by atoms with van der Waals surface area (Å²) in [5, 5.41) is 9.74. The Balaban J connectivity index is 1.69. The fraction of sp³-hybridized carbons (Fsp3) is 0.280. The first-order valence-electron chi connectivity index (χ1n) is 10.5. The number of hydrogen-bond acceptors (Lipinski definition) is 6. The van der Waals surface area contributed by atoms with Gasteiger partial charge in [-0.1, -0.05) is 18.2 Å². The molecule has 2 aromatic rings. The number of Topliss-reactive ketones (excluding diaryl/α,β-unsaturated/α-hetero) is 1. The van der Waals surface area contributed by atoms with Crippen LogP contribution in [0.15, 0.2) is 65.3 Å². The van der Waals surface area contributed by atoms with Crippen molar-refractivity contribution in [1.82, 2.24) is 0 Å². The Bertz CT molecular complexity index is 1150. The highest BCUT2D eigenvalue weighted by Gasteiger charge is 2.38. The average Bonchev–Trinajstić information content (AvgIpc) is 2.79. The zero-order valence-electron chi connectivity index (χ0n) is 17.7. The summed E-state index contributed by atoms with van der Waals surface area (Å²) in [5.74, 6) is 0.605. The number of nitrogens with two attached hydrogens (primary N) is 1. The van der Waals surface area contributed by atoms with Crippen LogP contribution in [0.5, 0.6) is 11.5 Å². The van der Waals surface area contributed by atoms with E-state index in [1.165, 1.54) is 12.1 Å². The predicted molar refractivity (Wildman–Crippen MR) is 115 cm³/mol. The van der Waals surface area contributed by atoms with Crippen molar-refractivity contribution < 1.29 is 23.4 Å². The normalized spacial score (nSPS) is 18.0. The third-order valence-corrected chi connectivity index (χ3v) is 5.51. The molecule has 1 heterocycles. The van der Waals surface area contributed by atoms with Gasteiger partial charge in [0.15, 0.2) is 17.3 Å². The number of carbonyl (C=O) groups excluding carboxylic acids is 1. The van der Waals surface area contributed by atoms with Crippen LogP contribution in [0.4, 0.5) is 4.39 Å². The fourth-order valence-electron chi connectivity index (χ4n) is 4.02. The van der Waals surface area contributed by atoms with E-state index in [9.17, 15) is 14.4 Å². The van der Waals surface area contributed by atoms with E-state index >= 15 is 0 Å².